The number of aryl methyl sites for hydroxylation is 2. The number of aromatic nitrogens is 1. The average molecular weight is 240 g/mol. The summed E-state index contributed by atoms with van der Waals surface area (Å²) in [6.45, 7) is 0. The van der Waals surface area contributed by atoms with Crippen molar-refractivity contribution < 1.29 is 4.39 Å². The van der Waals surface area contributed by atoms with Gasteiger partial charge >= 0.3 is 0 Å². The molecule has 2 aromatic rings. The molecule has 90 valence electrons. The van der Waals surface area contributed by atoms with Gasteiger partial charge in [0.05, 0.1) is 5.71 Å². The molecule has 1 aliphatic carbocycles. The highest BCUT2D eigenvalue weighted by atomic mass is 19.1. The SMILES string of the molecule is N=C1c2cc(F)ccc2CCCc2ncccc21. The van der Waals surface area contributed by atoms with Gasteiger partial charge in [-0.3, -0.25) is 10.4 Å². The Bertz CT molecular complexity index is 620. The summed E-state index contributed by atoms with van der Waals surface area (Å²) in [6, 6.07) is 8.44. The molecule has 1 N–H and O–H groups in total. The molecule has 0 spiro atoms. The van der Waals surface area contributed by atoms with Crippen LogP contribution in [0.15, 0.2) is 36.5 Å². The Kier molecular flexibility index (Phi) is 2.67. The van der Waals surface area contributed by atoms with E-state index in [2.05, 4.69) is 4.98 Å². The van der Waals surface area contributed by atoms with Crippen molar-refractivity contribution in [3.8, 4) is 0 Å². The lowest BCUT2D eigenvalue weighted by atomic mass is 9.89. The highest BCUT2D eigenvalue weighted by Gasteiger charge is 2.17. The lowest BCUT2D eigenvalue weighted by Crippen LogP contribution is -2.13. The Morgan fingerprint density at radius 1 is 1.11 bits per heavy atom. The van der Waals surface area contributed by atoms with Crippen LogP contribution in [0.5, 0.6) is 0 Å². The molecule has 1 aromatic heterocycles. The molecule has 0 bridgehead atoms. The third-order valence-corrected chi connectivity index (χ3v) is 3.36. The molecule has 3 heteroatoms. The van der Waals surface area contributed by atoms with Crippen LogP contribution in [0.4, 0.5) is 4.39 Å². The Balaban J connectivity index is 2.19. The summed E-state index contributed by atoms with van der Waals surface area (Å²) < 4.78 is 13.4. The quantitative estimate of drug-likeness (QED) is 0.754. The maximum atomic E-state index is 13.4. The highest BCUT2D eigenvalue weighted by Crippen LogP contribution is 2.23. The molecular weight excluding hydrogens is 227 g/mol. The Labute approximate surface area is 105 Å². The Morgan fingerprint density at radius 3 is 2.89 bits per heavy atom. The summed E-state index contributed by atoms with van der Waals surface area (Å²) in [5, 5.41) is 8.28. The molecular formula is C15H13FN2. The number of nitrogens with zero attached hydrogens (tertiary/aromatic N) is 1. The van der Waals surface area contributed by atoms with Gasteiger partial charge in [0.1, 0.15) is 5.82 Å². The fourth-order valence-electron chi connectivity index (χ4n) is 2.46. The Morgan fingerprint density at radius 2 is 2.00 bits per heavy atom. The number of nitrogens with one attached hydrogen (secondary N) is 1. The van der Waals surface area contributed by atoms with Crippen molar-refractivity contribution in [2.75, 3.05) is 0 Å². The third kappa shape index (κ3) is 1.82. The predicted molar refractivity (Wildman–Crippen MR) is 68.6 cm³/mol. The first kappa shape index (κ1) is 11.1. The van der Waals surface area contributed by atoms with Gasteiger partial charge in [-0.2, -0.15) is 0 Å². The number of hydrogen-bond acceptors (Lipinski definition) is 2. The van der Waals surface area contributed by atoms with E-state index in [-0.39, 0.29) is 5.82 Å². The lowest BCUT2D eigenvalue weighted by molar-refractivity contribution is 0.626. The van der Waals surface area contributed by atoms with Crippen LogP contribution in [0.3, 0.4) is 0 Å². The van der Waals surface area contributed by atoms with Gasteiger partial charge in [0.2, 0.25) is 0 Å². The van der Waals surface area contributed by atoms with Crippen LogP contribution in [-0.2, 0) is 12.8 Å². The minimum atomic E-state index is -0.287. The van der Waals surface area contributed by atoms with E-state index in [0.29, 0.717) is 11.3 Å². The number of fused-ring (bicyclic) bond motifs is 2. The average Bonchev–Trinajstić information content (AvgIpc) is 2.38. The first-order valence-corrected chi connectivity index (χ1v) is 6.07. The number of rotatable bonds is 0. The molecule has 1 heterocycles. The van der Waals surface area contributed by atoms with Gasteiger partial charge in [-0.1, -0.05) is 6.07 Å². The van der Waals surface area contributed by atoms with Crippen LogP contribution < -0.4 is 0 Å². The number of hydrogen-bond donors (Lipinski definition) is 1. The standard InChI is InChI=1S/C15H13FN2/c16-11-7-6-10-3-1-5-14-12(4-2-8-18-14)15(17)13(10)9-11/h2,4,6-9,17H,1,3,5H2. The summed E-state index contributed by atoms with van der Waals surface area (Å²) in [6.07, 6.45) is 4.47. The second-order valence-electron chi connectivity index (χ2n) is 4.53. The molecule has 3 rings (SSSR count). The fraction of sp³-hybridized carbons (Fsp3) is 0.200. The van der Waals surface area contributed by atoms with Crippen LogP contribution in [-0.4, -0.2) is 10.7 Å². The van der Waals surface area contributed by atoms with E-state index in [0.717, 1.165) is 36.1 Å². The monoisotopic (exact) mass is 240 g/mol. The summed E-state index contributed by atoms with van der Waals surface area (Å²) in [7, 11) is 0. The zero-order valence-corrected chi connectivity index (χ0v) is 9.91. The van der Waals surface area contributed by atoms with E-state index in [4.69, 9.17) is 5.41 Å². The van der Waals surface area contributed by atoms with E-state index >= 15 is 0 Å². The molecule has 0 unspecified atom stereocenters. The predicted octanol–water partition coefficient (Wildman–Crippen LogP) is 3.13. The van der Waals surface area contributed by atoms with Gasteiger partial charge in [0, 0.05) is 23.0 Å². The zero-order valence-electron chi connectivity index (χ0n) is 9.91. The fourth-order valence-corrected chi connectivity index (χ4v) is 2.46. The van der Waals surface area contributed by atoms with Gasteiger partial charge < -0.3 is 0 Å². The number of benzene rings is 1. The maximum absolute atomic E-state index is 13.4. The van der Waals surface area contributed by atoms with E-state index in [9.17, 15) is 4.39 Å². The molecule has 0 saturated heterocycles. The number of halogens is 1. The van der Waals surface area contributed by atoms with Gasteiger partial charge in [-0.05, 0) is 49.1 Å². The molecule has 0 amide bonds. The van der Waals surface area contributed by atoms with Crippen molar-refractivity contribution in [3.05, 3.63) is 64.7 Å². The number of pyridine rings is 1. The summed E-state index contributed by atoms with van der Waals surface area (Å²) in [5.41, 5.74) is 3.90. The van der Waals surface area contributed by atoms with Crippen LogP contribution in [0.25, 0.3) is 0 Å². The van der Waals surface area contributed by atoms with E-state index in [1.54, 1.807) is 12.3 Å². The van der Waals surface area contributed by atoms with Crippen molar-refractivity contribution >= 4 is 5.71 Å². The molecule has 0 saturated carbocycles. The molecule has 0 radical (unpaired) electrons. The smallest absolute Gasteiger partial charge is 0.123 e. The van der Waals surface area contributed by atoms with Gasteiger partial charge in [-0.25, -0.2) is 4.39 Å². The molecule has 2 nitrogen and oxygen atoms in total. The van der Waals surface area contributed by atoms with Gasteiger partial charge in [-0.15, -0.1) is 0 Å². The minimum Gasteiger partial charge on any atom is -0.300 e. The lowest BCUT2D eigenvalue weighted by Gasteiger charge is -2.17. The van der Waals surface area contributed by atoms with Crippen LogP contribution in [0.2, 0.25) is 0 Å². The largest absolute Gasteiger partial charge is 0.300 e. The van der Waals surface area contributed by atoms with Gasteiger partial charge in [0.15, 0.2) is 0 Å². The molecule has 0 atom stereocenters. The van der Waals surface area contributed by atoms with E-state index in [1.165, 1.54) is 12.1 Å². The maximum Gasteiger partial charge on any atom is 0.123 e. The van der Waals surface area contributed by atoms with Crippen molar-refractivity contribution in [1.82, 2.24) is 4.98 Å². The first-order valence-electron chi connectivity index (χ1n) is 6.07. The van der Waals surface area contributed by atoms with Crippen LogP contribution >= 0.6 is 0 Å². The summed E-state index contributed by atoms with van der Waals surface area (Å²) in [5.74, 6) is -0.287. The molecule has 0 fully saturated rings. The molecule has 1 aliphatic rings. The normalized spacial score (nSPS) is 14.4. The van der Waals surface area contributed by atoms with Crippen molar-refractivity contribution in [3.63, 3.8) is 0 Å². The summed E-state index contributed by atoms with van der Waals surface area (Å²) in [4.78, 5) is 4.33. The molecule has 1 aromatic carbocycles. The molecule has 18 heavy (non-hydrogen) atoms. The van der Waals surface area contributed by atoms with E-state index < -0.39 is 0 Å². The third-order valence-electron chi connectivity index (χ3n) is 3.36. The first-order chi connectivity index (χ1) is 8.75. The second kappa shape index (κ2) is 4.33. The topological polar surface area (TPSA) is 36.7 Å². The second-order valence-corrected chi connectivity index (χ2v) is 4.53. The van der Waals surface area contributed by atoms with Crippen molar-refractivity contribution in [2.24, 2.45) is 0 Å². The zero-order chi connectivity index (χ0) is 12.5. The minimum absolute atomic E-state index is 0.287. The molecule has 0 aliphatic heterocycles. The Hall–Kier alpha value is -2.03. The van der Waals surface area contributed by atoms with E-state index in [1.807, 2.05) is 12.1 Å². The van der Waals surface area contributed by atoms with Gasteiger partial charge in [0.25, 0.3) is 0 Å². The van der Waals surface area contributed by atoms with Crippen molar-refractivity contribution in [2.45, 2.75) is 19.3 Å². The van der Waals surface area contributed by atoms with Crippen LogP contribution in [0.1, 0.15) is 28.8 Å². The van der Waals surface area contributed by atoms with Crippen LogP contribution in [0, 0.1) is 11.2 Å². The summed E-state index contributed by atoms with van der Waals surface area (Å²) >= 11 is 0. The highest BCUT2D eigenvalue weighted by molar-refractivity contribution is 6.12. The van der Waals surface area contributed by atoms with Crippen molar-refractivity contribution in [1.29, 1.82) is 5.41 Å².